The van der Waals surface area contributed by atoms with Crippen molar-refractivity contribution < 1.29 is 14.2 Å². The normalized spacial score (nSPS) is 13.0. The van der Waals surface area contributed by atoms with Gasteiger partial charge in [0.25, 0.3) is 5.56 Å². The van der Waals surface area contributed by atoms with E-state index in [4.69, 9.17) is 0 Å². The average Bonchev–Trinajstić information content (AvgIpc) is 3.05. The summed E-state index contributed by atoms with van der Waals surface area (Å²) in [6, 6.07) is -1.31. The van der Waals surface area contributed by atoms with Crippen molar-refractivity contribution in [3.63, 3.8) is 0 Å². The number of anilines is 1. The molecule has 0 spiro atoms. The van der Waals surface area contributed by atoms with Crippen molar-refractivity contribution >= 4 is 17.5 Å². The first-order valence-corrected chi connectivity index (χ1v) is 8.78. The molecule has 10 nitrogen and oxygen atoms in total. The number of rotatable bonds is 9. The Hall–Kier alpha value is -3.04. The first kappa shape index (κ1) is 20.3. The number of amides is 1. The van der Waals surface area contributed by atoms with Gasteiger partial charge in [0, 0.05) is 12.4 Å². The number of Topliss-reactive ketones (excluding diaryl/α,β-unsaturated/α-hetero) is 1. The standard InChI is InChI=1S/C17H24N6O4/c1-5-12(11(4)24)20-16(25)14(6-2)23-8-7-18-15(17(23)26)19-9-13-10(3)21-27-22-13/h7-8,12,14H,5-6,9H2,1-4H3,(H,18,19)(H,20,25)/t12-,14-/m0/s1. The largest absolute Gasteiger partial charge is 0.360 e. The van der Waals surface area contributed by atoms with E-state index in [0.717, 1.165) is 0 Å². The lowest BCUT2D eigenvalue weighted by Gasteiger charge is -2.21. The van der Waals surface area contributed by atoms with Gasteiger partial charge in [0.15, 0.2) is 11.6 Å². The Labute approximate surface area is 156 Å². The molecule has 146 valence electrons. The lowest BCUT2D eigenvalue weighted by atomic mass is 10.1. The lowest BCUT2D eigenvalue weighted by molar-refractivity contribution is -0.129. The highest BCUT2D eigenvalue weighted by atomic mass is 16.6. The van der Waals surface area contributed by atoms with Crippen LogP contribution >= 0.6 is 0 Å². The van der Waals surface area contributed by atoms with Gasteiger partial charge >= 0.3 is 0 Å². The molecule has 0 aliphatic carbocycles. The molecule has 0 unspecified atom stereocenters. The fourth-order valence-corrected chi connectivity index (χ4v) is 2.64. The molecule has 2 heterocycles. The fourth-order valence-electron chi connectivity index (χ4n) is 2.64. The molecule has 1 amide bonds. The SMILES string of the molecule is CC[C@H](NC(=O)[C@H](CC)n1ccnc(NCc2nonc2C)c1=O)C(C)=O. The molecular weight excluding hydrogens is 352 g/mol. The summed E-state index contributed by atoms with van der Waals surface area (Å²) in [6.07, 6.45) is 3.77. The van der Waals surface area contributed by atoms with Crippen LogP contribution < -0.4 is 16.2 Å². The van der Waals surface area contributed by atoms with Crippen LogP contribution in [0.3, 0.4) is 0 Å². The quantitative estimate of drug-likeness (QED) is 0.662. The third-order valence-corrected chi connectivity index (χ3v) is 4.28. The third-order valence-electron chi connectivity index (χ3n) is 4.28. The van der Waals surface area contributed by atoms with Crippen LogP contribution in [0.25, 0.3) is 0 Å². The molecule has 10 heteroatoms. The molecular formula is C17H24N6O4. The van der Waals surface area contributed by atoms with Crippen molar-refractivity contribution in [2.45, 2.75) is 59.2 Å². The third kappa shape index (κ3) is 4.78. The van der Waals surface area contributed by atoms with Gasteiger partial charge in [0.2, 0.25) is 5.91 Å². The van der Waals surface area contributed by atoms with Crippen LogP contribution in [0.5, 0.6) is 0 Å². The summed E-state index contributed by atoms with van der Waals surface area (Å²) in [4.78, 5) is 41.0. The summed E-state index contributed by atoms with van der Waals surface area (Å²) in [5, 5.41) is 13.0. The monoisotopic (exact) mass is 376 g/mol. The molecule has 0 fully saturated rings. The Morgan fingerprint density at radius 3 is 2.56 bits per heavy atom. The maximum absolute atomic E-state index is 12.7. The number of aryl methyl sites for hydroxylation is 1. The van der Waals surface area contributed by atoms with E-state index in [1.807, 2.05) is 6.92 Å². The number of nitrogens with one attached hydrogen (secondary N) is 2. The van der Waals surface area contributed by atoms with E-state index in [-0.39, 0.29) is 24.1 Å². The molecule has 0 saturated carbocycles. The minimum absolute atomic E-state index is 0.0877. The van der Waals surface area contributed by atoms with Crippen molar-refractivity contribution in [3.05, 3.63) is 34.1 Å². The van der Waals surface area contributed by atoms with E-state index in [1.54, 1.807) is 13.8 Å². The highest BCUT2D eigenvalue weighted by Gasteiger charge is 2.24. The molecule has 2 aromatic heterocycles. The topological polar surface area (TPSA) is 132 Å². The minimum Gasteiger partial charge on any atom is -0.360 e. The zero-order valence-electron chi connectivity index (χ0n) is 15.9. The number of hydrogen-bond donors (Lipinski definition) is 2. The molecule has 2 N–H and O–H groups in total. The van der Waals surface area contributed by atoms with Crippen molar-refractivity contribution in [3.8, 4) is 0 Å². The Morgan fingerprint density at radius 2 is 2.00 bits per heavy atom. The molecule has 2 atom stereocenters. The molecule has 0 saturated heterocycles. The number of aromatic nitrogens is 4. The van der Waals surface area contributed by atoms with Gasteiger partial charge in [0.05, 0.1) is 12.6 Å². The zero-order chi connectivity index (χ0) is 20.0. The van der Waals surface area contributed by atoms with Crippen molar-refractivity contribution in [2.75, 3.05) is 5.32 Å². The van der Waals surface area contributed by atoms with E-state index >= 15 is 0 Å². The van der Waals surface area contributed by atoms with E-state index in [0.29, 0.717) is 24.2 Å². The molecule has 2 aromatic rings. The lowest BCUT2D eigenvalue weighted by Crippen LogP contribution is -2.44. The van der Waals surface area contributed by atoms with Gasteiger partial charge in [0.1, 0.15) is 17.4 Å². The average molecular weight is 376 g/mol. The molecule has 0 aromatic carbocycles. The number of nitrogens with zero attached hydrogens (tertiary/aromatic N) is 4. The summed E-state index contributed by atoms with van der Waals surface area (Å²) < 4.78 is 5.93. The van der Waals surface area contributed by atoms with Crippen LogP contribution in [0.1, 0.15) is 51.0 Å². The second kappa shape index (κ2) is 9.06. The Bertz CT molecular complexity index is 859. The van der Waals surface area contributed by atoms with Crippen molar-refractivity contribution in [1.82, 2.24) is 25.2 Å². The predicted octanol–water partition coefficient (Wildman–Crippen LogP) is 0.982. The van der Waals surface area contributed by atoms with Crippen molar-refractivity contribution in [2.24, 2.45) is 0 Å². The Balaban J connectivity index is 2.20. The van der Waals surface area contributed by atoms with Gasteiger partial charge in [-0.3, -0.25) is 19.0 Å². The number of hydrogen-bond acceptors (Lipinski definition) is 8. The molecule has 27 heavy (non-hydrogen) atoms. The summed E-state index contributed by atoms with van der Waals surface area (Å²) in [5.74, 6) is -0.415. The van der Waals surface area contributed by atoms with E-state index in [1.165, 1.54) is 23.9 Å². The molecule has 2 rings (SSSR count). The van der Waals surface area contributed by atoms with Crippen LogP contribution in [0.15, 0.2) is 21.8 Å². The van der Waals surface area contributed by atoms with Crippen LogP contribution in [0, 0.1) is 6.92 Å². The summed E-state index contributed by atoms with van der Waals surface area (Å²) in [7, 11) is 0. The van der Waals surface area contributed by atoms with E-state index in [2.05, 4.69) is 30.6 Å². The number of carbonyl (C=O) groups is 2. The highest BCUT2D eigenvalue weighted by molar-refractivity contribution is 5.88. The minimum atomic E-state index is -0.745. The highest BCUT2D eigenvalue weighted by Crippen LogP contribution is 2.11. The number of carbonyl (C=O) groups excluding carboxylic acids is 2. The Morgan fingerprint density at radius 1 is 1.26 bits per heavy atom. The fraction of sp³-hybridized carbons (Fsp3) is 0.529. The summed E-state index contributed by atoms with van der Waals surface area (Å²) in [6.45, 7) is 6.99. The maximum atomic E-state index is 12.7. The summed E-state index contributed by atoms with van der Waals surface area (Å²) >= 11 is 0. The van der Waals surface area contributed by atoms with E-state index in [9.17, 15) is 14.4 Å². The molecule has 0 aliphatic heterocycles. The second-order valence-corrected chi connectivity index (χ2v) is 6.14. The van der Waals surface area contributed by atoms with Crippen LogP contribution in [-0.4, -0.2) is 37.6 Å². The van der Waals surface area contributed by atoms with Gasteiger partial charge in [-0.05, 0) is 26.7 Å². The first-order chi connectivity index (χ1) is 12.9. The Kier molecular flexibility index (Phi) is 6.80. The second-order valence-electron chi connectivity index (χ2n) is 6.14. The van der Waals surface area contributed by atoms with Crippen LogP contribution in [0.2, 0.25) is 0 Å². The van der Waals surface area contributed by atoms with Gasteiger partial charge < -0.3 is 10.6 Å². The zero-order valence-corrected chi connectivity index (χ0v) is 15.9. The molecule has 0 radical (unpaired) electrons. The number of ketones is 1. The predicted molar refractivity (Wildman–Crippen MR) is 97.1 cm³/mol. The van der Waals surface area contributed by atoms with E-state index < -0.39 is 17.6 Å². The summed E-state index contributed by atoms with van der Waals surface area (Å²) in [5.41, 5.74) is 0.729. The maximum Gasteiger partial charge on any atom is 0.294 e. The van der Waals surface area contributed by atoms with Gasteiger partial charge in [-0.25, -0.2) is 9.61 Å². The molecule has 0 aliphatic rings. The van der Waals surface area contributed by atoms with Gasteiger partial charge in [-0.2, -0.15) is 0 Å². The van der Waals surface area contributed by atoms with Crippen LogP contribution in [0.4, 0.5) is 5.82 Å². The first-order valence-electron chi connectivity index (χ1n) is 8.78. The van der Waals surface area contributed by atoms with Gasteiger partial charge in [-0.1, -0.05) is 24.2 Å². The van der Waals surface area contributed by atoms with Crippen molar-refractivity contribution in [1.29, 1.82) is 0 Å². The van der Waals surface area contributed by atoms with Gasteiger partial charge in [-0.15, -0.1) is 0 Å². The van der Waals surface area contributed by atoms with Crippen LogP contribution in [-0.2, 0) is 16.1 Å². The smallest absolute Gasteiger partial charge is 0.294 e. The molecule has 0 bridgehead atoms.